The Bertz CT molecular complexity index is 678. The molecule has 22 heavy (non-hydrogen) atoms. The van der Waals surface area contributed by atoms with E-state index in [4.69, 9.17) is 4.74 Å². The monoisotopic (exact) mass is 343 g/mol. The number of nitrogens with one attached hydrogen (secondary N) is 1. The number of amides is 1. The molecule has 1 fully saturated rings. The van der Waals surface area contributed by atoms with Crippen molar-refractivity contribution < 1.29 is 22.7 Å². The molecule has 0 aliphatic carbocycles. The van der Waals surface area contributed by atoms with Gasteiger partial charge < -0.3 is 10.1 Å². The molecule has 1 aromatic heterocycles. The van der Waals surface area contributed by atoms with Crippen molar-refractivity contribution >= 4 is 39.1 Å². The molecule has 1 amide bonds. The van der Waals surface area contributed by atoms with Gasteiger partial charge in [-0.1, -0.05) is 6.07 Å². The summed E-state index contributed by atoms with van der Waals surface area (Å²) in [6.45, 7) is 1.25. The summed E-state index contributed by atoms with van der Waals surface area (Å²) >= 11 is 1.48. The van der Waals surface area contributed by atoms with Gasteiger partial charge in [-0.3, -0.25) is 4.79 Å². The highest BCUT2D eigenvalue weighted by atomic mass is 32.2. The molecule has 0 bridgehead atoms. The maximum atomic E-state index is 11.7. The standard InChI is InChI=1S/C14H17NO5S2/c1-14(6-8-22(18,19)10-14)15-12(16)9-20-13(17)5-4-11-3-2-7-21-11/h2-5,7H,6,8-10H2,1H3,(H,15,16)/b5-4+/t14-/m1/s1. The first-order chi connectivity index (χ1) is 10.3. The number of rotatable bonds is 5. The van der Waals surface area contributed by atoms with E-state index in [2.05, 4.69) is 5.32 Å². The second-order valence-corrected chi connectivity index (χ2v) is 8.57. The van der Waals surface area contributed by atoms with Crippen LogP contribution in [0.25, 0.3) is 6.08 Å². The topological polar surface area (TPSA) is 89.5 Å². The fourth-order valence-electron chi connectivity index (χ4n) is 2.20. The van der Waals surface area contributed by atoms with Gasteiger partial charge in [0.2, 0.25) is 0 Å². The van der Waals surface area contributed by atoms with E-state index < -0.39 is 33.9 Å². The van der Waals surface area contributed by atoms with Gasteiger partial charge in [0.15, 0.2) is 16.4 Å². The van der Waals surface area contributed by atoms with Crippen LogP contribution in [0.4, 0.5) is 0 Å². The largest absolute Gasteiger partial charge is 0.452 e. The van der Waals surface area contributed by atoms with Crippen LogP contribution in [-0.4, -0.2) is 43.9 Å². The van der Waals surface area contributed by atoms with Gasteiger partial charge >= 0.3 is 5.97 Å². The second-order valence-electron chi connectivity index (χ2n) is 5.41. The molecule has 120 valence electrons. The molecule has 1 aliphatic heterocycles. The lowest BCUT2D eigenvalue weighted by Crippen LogP contribution is -2.48. The SMILES string of the molecule is C[C@@]1(NC(=O)COC(=O)/C=C/c2cccs2)CCS(=O)(=O)C1. The highest BCUT2D eigenvalue weighted by Crippen LogP contribution is 2.22. The zero-order valence-corrected chi connectivity index (χ0v) is 13.7. The molecule has 1 aliphatic rings. The van der Waals surface area contributed by atoms with Crippen molar-refractivity contribution in [3.63, 3.8) is 0 Å². The van der Waals surface area contributed by atoms with Gasteiger partial charge in [0.05, 0.1) is 17.0 Å². The zero-order chi connectivity index (χ0) is 16.2. The molecular weight excluding hydrogens is 326 g/mol. The highest BCUT2D eigenvalue weighted by molar-refractivity contribution is 7.91. The van der Waals surface area contributed by atoms with Gasteiger partial charge in [0, 0.05) is 11.0 Å². The number of hydrogen-bond donors (Lipinski definition) is 1. The average molecular weight is 343 g/mol. The maximum Gasteiger partial charge on any atom is 0.331 e. The Hall–Kier alpha value is -1.67. The van der Waals surface area contributed by atoms with E-state index >= 15 is 0 Å². The molecule has 1 N–H and O–H groups in total. The first-order valence-electron chi connectivity index (χ1n) is 6.68. The van der Waals surface area contributed by atoms with Gasteiger partial charge in [0.1, 0.15) is 0 Å². The van der Waals surface area contributed by atoms with Gasteiger partial charge in [-0.2, -0.15) is 0 Å². The van der Waals surface area contributed by atoms with Crippen molar-refractivity contribution in [2.45, 2.75) is 18.9 Å². The summed E-state index contributed by atoms with van der Waals surface area (Å²) in [5.41, 5.74) is -0.783. The van der Waals surface area contributed by atoms with Crippen molar-refractivity contribution in [2.24, 2.45) is 0 Å². The van der Waals surface area contributed by atoms with Crippen LogP contribution in [0.15, 0.2) is 23.6 Å². The third-order valence-electron chi connectivity index (χ3n) is 3.22. The predicted octanol–water partition coefficient (Wildman–Crippen LogP) is 0.998. The molecule has 2 heterocycles. The number of sulfone groups is 1. The molecule has 6 nitrogen and oxygen atoms in total. The Morgan fingerprint density at radius 2 is 2.27 bits per heavy atom. The van der Waals surface area contributed by atoms with E-state index in [1.54, 1.807) is 13.0 Å². The Labute approximate surface area is 133 Å². The first-order valence-corrected chi connectivity index (χ1v) is 9.38. The van der Waals surface area contributed by atoms with E-state index in [0.29, 0.717) is 6.42 Å². The summed E-state index contributed by atoms with van der Waals surface area (Å²) in [5, 5.41) is 4.50. The molecule has 2 rings (SSSR count). The van der Waals surface area contributed by atoms with Crippen molar-refractivity contribution in [2.75, 3.05) is 18.1 Å². The molecular formula is C14H17NO5S2. The molecule has 1 aromatic rings. The fraction of sp³-hybridized carbons (Fsp3) is 0.429. The number of carbonyl (C=O) groups excluding carboxylic acids is 2. The Morgan fingerprint density at radius 1 is 1.50 bits per heavy atom. The third kappa shape index (κ3) is 4.96. The Balaban J connectivity index is 1.77. The fourth-order valence-corrected chi connectivity index (χ4v) is 4.91. The molecule has 0 radical (unpaired) electrons. The highest BCUT2D eigenvalue weighted by Gasteiger charge is 2.39. The lowest BCUT2D eigenvalue weighted by atomic mass is 10.0. The minimum atomic E-state index is -3.10. The first kappa shape index (κ1) is 16.7. The molecule has 0 spiro atoms. The summed E-state index contributed by atoms with van der Waals surface area (Å²) in [4.78, 5) is 24.1. The van der Waals surface area contributed by atoms with Crippen LogP contribution in [-0.2, 0) is 24.2 Å². The van der Waals surface area contributed by atoms with E-state index in [9.17, 15) is 18.0 Å². The summed E-state index contributed by atoms with van der Waals surface area (Å²) in [5.74, 6) is -1.14. The van der Waals surface area contributed by atoms with Crippen LogP contribution in [0, 0.1) is 0 Å². The minimum Gasteiger partial charge on any atom is -0.452 e. The van der Waals surface area contributed by atoms with Crippen LogP contribution in [0.1, 0.15) is 18.2 Å². The average Bonchev–Trinajstić information content (AvgIpc) is 3.02. The van der Waals surface area contributed by atoms with Crippen LogP contribution in [0.3, 0.4) is 0 Å². The van der Waals surface area contributed by atoms with Crippen molar-refractivity contribution in [1.82, 2.24) is 5.32 Å². The van der Waals surface area contributed by atoms with Crippen LogP contribution in [0.2, 0.25) is 0 Å². The summed E-state index contributed by atoms with van der Waals surface area (Å²) in [7, 11) is -3.10. The normalized spacial score (nSPS) is 23.5. The maximum absolute atomic E-state index is 11.7. The summed E-state index contributed by atoms with van der Waals surface area (Å²) < 4.78 is 27.7. The van der Waals surface area contributed by atoms with E-state index in [-0.39, 0.29) is 11.5 Å². The van der Waals surface area contributed by atoms with Gasteiger partial charge in [0.25, 0.3) is 5.91 Å². The predicted molar refractivity (Wildman–Crippen MR) is 84.1 cm³/mol. The molecule has 1 saturated heterocycles. The molecule has 0 unspecified atom stereocenters. The molecule has 0 aromatic carbocycles. The number of carbonyl (C=O) groups is 2. The smallest absolute Gasteiger partial charge is 0.331 e. The van der Waals surface area contributed by atoms with E-state index in [1.165, 1.54) is 17.4 Å². The van der Waals surface area contributed by atoms with Gasteiger partial charge in [-0.15, -0.1) is 11.3 Å². The number of thiophene rings is 1. The second kappa shape index (κ2) is 6.62. The Kier molecular flexibility index (Phi) is 5.02. The molecule has 8 heteroatoms. The van der Waals surface area contributed by atoms with Crippen molar-refractivity contribution in [3.8, 4) is 0 Å². The lowest BCUT2D eigenvalue weighted by molar-refractivity contribution is -0.144. The lowest BCUT2D eigenvalue weighted by Gasteiger charge is -2.23. The number of ether oxygens (including phenoxy) is 1. The minimum absolute atomic E-state index is 0.0626. The summed E-state index contributed by atoms with van der Waals surface area (Å²) in [6.07, 6.45) is 3.23. The van der Waals surface area contributed by atoms with Crippen LogP contribution in [0.5, 0.6) is 0 Å². The Morgan fingerprint density at radius 3 is 2.86 bits per heavy atom. The van der Waals surface area contributed by atoms with Crippen molar-refractivity contribution in [3.05, 3.63) is 28.5 Å². The van der Waals surface area contributed by atoms with Gasteiger partial charge in [-0.25, -0.2) is 13.2 Å². The molecule has 1 atom stereocenters. The van der Waals surface area contributed by atoms with Crippen molar-refractivity contribution in [1.29, 1.82) is 0 Å². The van der Waals surface area contributed by atoms with E-state index in [0.717, 1.165) is 4.88 Å². The van der Waals surface area contributed by atoms with E-state index in [1.807, 2.05) is 17.5 Å². The quantitative estimate of drug-likeness (QED) is 0.636. The molecule has 0 saturated carbocycles. The number of esters is 1. The van der Waals surface area contributed by atoms with Crippen LogP contribution >= 0.6 is 11.3 Å². The van der Waals surface area contributed by atoms with Gasteiger partial charge in [-0.05, 0) is 30.9 Å². The summed E-state index contributed by atoms with van der Waals surface area (Å²) in [6, 6.07) is 3.71. The third-order valence-corrected chi connectivity index (χ3v) is 5.96. The number of hydrogen-bond acceptors (Lipinski definition) is 6. The zero-order valence-electron chi connectivity index (χ0n) is 12.1. The van der Waals surface area contributed by atoms with Crippen LogP contribution < -0.4 is 5.32 Å².